The molecule has 0 saturated carbocycles. The van der Waals surface area contributed by atoms with Crippen molar-refractivity contribution >= 4 is 5.97 Å². The van der Waals surface area contributed by atoms with Crippen molar-refractivity contribution in [1.82, 2.24) is 0 Å². The van der Waals surface area contributed by atoms with Crippen LogP contribution in [0.3, 0.4) is 0 Å². The van der Waals surface area contributed by atoms with Gasteiger partial charge in [-0.15, -0.1) is 0 Å². The zero-order chi connectivity index (χ0) is 12.5. The molecule has 2 aliphatic rings. The SMILES string of the molecule is COC(=O)[C@@H]1CCO[C@H]1c1ccc2c(c1)OCO2. The summed E-state index contributed by atoms with van der Waals surface area (Å²) in [7, 11) is 1.40. The van der Waals surface area contributed by atoms with Crippen molar-refractivity contribution in [2.24, 2.45) is 5.92 Å². The van der Waals surface area contributed by atoms with Crippen LogP contribution in [0.2, 0.25) is 0 Å². The lowest BCUT2D eigenvalue weighted by atomic mass is 9.95. The Kier molecular flexibility index (Phi) is 2.83. The second kappa shape index (κ2) is 4.49. The Labute approximate surface area is 105 Å². The molecule has 5 heteroatoms. The number of methoxy groups -OCH3 is 1. The van der Waals surface area contributed by atoms with Gasteiger partial charge in [0.15, 0.2) is 11.5 Å². The summed E-state index contributed by atoms with van der Waals surface area (Å²) in [6.07, 6.45) is 0.429. The van der Waals surface area contributed by atoms with Crippen molar-refractivity contribution in [3.63, 3.8) is 0 Å². The molecule has 2 atom stereocenters. The van der Waals surface area contributed by atoms with E-state index in [0.717, 1.165) is 11.3 Å². The summed E-state index contributed by atoms with van der Waals surface area (Å²) in [6.45, 7) is 0.809. The number of hydrogen-bond acceptors (Lipinski definition) is 5. The highest BCUT2D eigenvalue weighted by Gasteiger charge is 2.36. The average Bonchev–Trinajstić information content (AvgIpc) is 3.05. The van der Waals surface area contributed by atoms with E-state index in [4.69, 9.17) is 18.9 Å². The molecule has 1 saturated heterocycles. The van der Waals surface area contributed by atoms with E-state index in [9.17, 15) is 4.79 Å². The first-order chi connectivity index (χ1) is 8.79. The fraction of sp³-hybridized carbons (Fsp3) is 0.462. The van der Waals surface area contributed by atoms with Crippen molar-refractivity contribution in [2.45, 2.75) is 12.5 Å². The van der Waals surface area contributed by atoms with Crippen LogP contribution in [0.1, 0.15) is 18.1 Å². The number of hydrogen-bond donors (Lipinski definition) is 0. The van der Waals surface area contributed by atoms with Crippen LogP contribution in [0.4, 0.5) is 0 Å². The molecule has 0 radical (unpaired) electrons. The lowest BCUT2D eigenvalue weighted by Gasteiger charge is -2.17. The lowest BCUT2D eigenvalue weighted by Crippen LogP contribution is -2.19. The topological polar surface area (TPSA) is 54.0 Å². The van der Waals surface area contributed by atoms with E-state index in [-0.39, 0.29) is 24.8 Å². The Balaban J connectivity index is 1.87. The van der Waals surface area contributed by atoms with E-state index >= 15 is 0 Å². The second-order valence-electron chi connectivity index (χ2n) is 4.32. The summed E-state index contributed by atoms with van der Waals surface area (Å²) in [5, 5.41) is 0. The third kappa shape index (κ3) is 1.80. The number of esters is 1. The van der Waals surface area contributed by atoms with E-state index in [1.165, 1.54) is 7.11 Å². The first-order valence-electron chi connectivity index (χ1n) is 5.88. The van der Waals surface area contributed by atoms with Crippen molar-refractivity contribution in [2.75, 3.05) is 20.5 Å². The van der Waals surface area contributed by atoms with Crippen LogP contribution >= 0.6 is 0 Å². The minimum atomic E-state index is -0.257. The standard InChI is InChI=1S/C13H14O5/c1-15-13(14)9-4-5-16-12(9)8-2-3-10-11(6-8)18-7-17-10/h2-3,6,9,12H,4-5,7H2,1H3/t9-,12+/m1/s1. The fourth-order valence-corrected chi connectivity index (χ4v) is 2.40. The largest absolute Gasteiger partial charge is 0.469 e. The zero-order valence-electron chi connectivity index (χ0n) is 10.0. The van der Waals surface area contributed by atoms with Crippen LogP contribution in [0, 0.1) is 5.92 Å². The Morgan fingerprint density at radius 2 is 2.17 bits per heavy atom. The summed E-state index contributed by atoms with van der Waals surface area (Å²) in [4.78, 5) is 11.7. The molecule has 2 aliphatic heterocycles. The Bertz CT molecular complexity index is 470. The van der Waals surface area contributed by atoms with Crippen LogP contribution in [-0.2, 0) is 14.3 Å². The maximum Gasteiger partial charge on any atom is 0.311 e. The molecule has 0 bridgehead atoms. The van der Waals surface area contributed by atoms with E-state index in [1.54, 1.807) is 0 Å². The predicted octanol–water partition coefficient (Wildman–Crippen LogP) is 1.67. The van der Waals surface area contributed by atoms with Crippen LogP contribution in [-0.4, -0.2) is 26.5 Å². The highest BCUT2D eigenvalue weighted by molar-refractivity contribution is 5.73. The molecule has 5 nitrogen and oxygen atoms in total. The maximum absolute atomic E-state index is 11.7. The van der Waals surface area contributed by atoms with Crippen molar-refractivity contribution < 1.29 is 23.7 Å². The fourth-order valence-electron chi connectivity index (χ4n) is 2.40. The van der Waals surface area contributed by atoms with Gasteiger partial charge in [-0.2, -0.15) is 0 Å². The molecule has 1 aromatic carbocycles. The minimum absolute atomic E-state index is 0.227. The summed E-state index contributed by atoms with van der Waals surface area (Å²) in [5.41, 5.74) is 0.923. The molecule has 0 aromatic heterocycles. The zero-order valence-corrected chi connectivity index (χ0v) is 10.0. The number of benzene rings is 1. The third-order valence-electron chi connectivity index (χ3n) is 3.32. The molecule has 1 fully saturated rings. The number of carbonyl (C=O) groups excluding carboxylic acids is 1. The maximum atomic E-state index is 11.7. The van der Waals surface area contributed by atoms with Gasteiger partial charge in [-0.1, -0.05) is 6.07 Å². The molecule has 0 spiro atoms. The number of fused-ring (bicyclic) bond motifs is 1. The Hall–Kier alpha value is -1.75. The summed E-state index contributed by atoms with van der Waals surface area (Å²) in [5.74, 6) is 0.962. The first kappa shape index (κ1) is 11.3. The Morgan fingerprint density at radius 3 is 3.00 bits per heavy atom. The number of rotatable bonds is 2. The smallest absolute Gasteiger partial charge is 0.311 e. The molecule has 96 valence electrons. The molecular weight excluding hydrogens is 236 g/mol. The van der Waals surface area contributed by atoms with Gasteiger partial charge in [0.1, 0.15) is 0 Å². The summed E-state index contributed by atoms with van der Waals surface area (Å²) in [6, 6.07) is 5.61. The van der Waals surface area contributed by atoms with Gasteiger partial charge in [-0.25, -0.2) is 0 Å². The molecule has 0 N–H and O–H groups in total. The van der Waals surface area contributed by atoms with Gasteiger partial charge < -0.3 is 18.9 Å². The highest BCUT2D eigenvalue weighted by Crippen LogP contribution is 2.40. The first-order valence-corrected chi connectivity index (χ1v) is 5.88. The van der Waals surface area contributed by atoms with Gasteiger partial charge >= 0.3 is 5.97 Å². The van der Waals surface area contributed by atoms with E-state index in [0.29, 0.717) is 18.8 Å². The molecule has 18 heavy (non-hydrogen) atoms. The van der Waals surface area contributed by atoms with Gasteiger partial charge in [0, 0.05) is 6.61 Å². The van der Waals surface area contributed by atoms with Crippen LogP contribution < -0.4 is 9.47 Å². The van der Waals surface area contributed by atoms with Crippen molar-refractivity contribution in [3.8, 4) is 11.5 Å². The molecular formula is C13H14O5. The lowest BCUT2D eigenvalue weighted by molar-refractivity contribution is -0.147. The quantitative estimate of drug-likeness (QED) is 0.747. The second-order valence-corrected chi connectivity index (χ2v) is 4.32. The van der Waals surface area contributed by atoms with E-state index in [2.05, 4.69) is 0 Å². The third-order valence-corrected chi connectivity index (χ3v) is 3.32. The van der Waals surface area contributed by atoms with Gasteiger partial charge in [0.2, 0.25) is 6.79 Å². The molecule has 2 heterocycles. The molecule has 0 unspecified atom stereocenters. The van der Waals surface area contributed by atoms with E-state index < -0.39 is 0 Å². The number of carbonyl (C=O) groups is 1. The molecule has 3 rings (SSSR count). The van der Waals surface area contributed by atoms with Gasteiger partial charge in [-0.3, -0.25) is 4.79 Å². The molecule has 0 amide bonds. The van der Waals surface area contributed by atoms with Gasteiger partial charge in [0.25, 0.3) is 0 Å². The van der Waals surface area contributed by atoms with Crippen LogP contribution in [0.25, 0.3) is 0 Å². The predicted molar refractivity (Wildman–Crippen MR) is 61.4 cm³/mol. The van der Waals surface area contributed by atoms with Crippen LogP contribution in [0.5, 0.6) is 11.5 Å². The monoisotopic (exact) mass is 250 g/mol. The Morgan fingerprint density at radius 1 is 1.33 bits per heavy atom. The summed E-state index contributed by atoms with van der Waals surface area (Å²) < 4.78 is 21.0. The van der Waals surface area contributed by atoms with Crippen LogP contribution in [0.15, 0.2) is 18.2 Å². The van der Waals surface area contributed by atoms with Crippen molar-refractivity contribution in [1.29, 1.82) is 0 Å². The summed E-state index contributed by atoms with van der Waals surface area (Å²) >= 11 is 0. The van der Waals surface area contributed by atoms with Gasteiger partial charge in [0.05, 0.1) is 19.1 Å². The minimum Gasteiger partial charge on any atom is -0.469 e. The molecule has 1 aromatic rings. The normalized spacial score (nSPS) is 25.2. The van der Waals surface area contributed by atoms with Crippen molar-refractivity contribution in [3.05, 3.63) is 23.8 Å². The molecule has 0 aliphatic carbocycles. The highest BCUT2D eigenvalue weighted by atomic mass is 16.7. The van der Waals surface area contributed by atoms with E-state index in [1.807, 2.05) is 18.2 Å². The van der Waals surface area contributed by atoms with Gasteiger partial charge in [-0.05, 0) is 24.1 Å². The average molecular weight is 250 g/mol. The number of ether oxygens (including phenoxy) is 4.